The molecule has 0 aliphatic heterocycles. The zero-order chi connectivity index (χ0) is 13.8. The number of hydrogen-bond acceptors (Lipinski definition) is 3. The van der Waals surface area contributed by atoms with Crippen LogP contribution >= 0.6 is 0 Å². The first-order valence-electron chi connectivity index (χ1n) is 6.42. The number of nitrogens with one attached hydrogen (secondary N) is 3. The molecule has 18 heavy (non-hydrogen) atoms. The number of rotatable bonds is 5. The molecule has 1 aromatic rings. The third kappa shape index (κ3) is 4.49. The molecule has 0 fully saturated rings. The number of nitrogens with zero attached hydrogens (tertiary/aromatic N) is 1. The fraction of sp³-hybridized carbons (Fsp3) is 0.692. The van der Waals surface area contributed by atoms with Crippen LogP contribution in [-0.4, -0.2) is 28.7 Å². The predicted octanol–water partition coefficient (Wildman–Crippen LogP) is 2.03. The molecule has 1 unspecified atom stereocenters. The van der Waals surface area contributed by atoms with Gasteiger partial charge in [0, 0.05) is 29.6 Å². The summed E-state index contributed by atoms with van der Waals surface area (Å²) >= 11 is 0. The second-order valence-electron chi connectivity index (χ2n) is 5.63. The first-order chi connectivity index (χ1) is 8.32. The summed E-state index contributed by atoms with van der Waals surface area (Å²) in [4.78, 5) is 11.8. The van der Waals surface area contributed by atoms with Gasteiger partial charge in [0.2, 0.25) is 5.91 Å². The van der Waals surface area contributed by atoms with Gasteiger partial charge in [-0.15, -0.1) is 0 Å². The van der Waals surface area contributed by atoms with Gasteiger partial charge < -0.3 is 10.6 Å². The van der Waals surface area contributed by atoms with Gasteiger partial charge in [0.1, 0.15) is 0 Å². The lowest BCUT2D eigenvalue weighted by molar-refractivity contribution is -0.116. The van der Waals surface area contributed by atoms with Crippen molar-refractivity contribution in [3.05, 3.63) is 11.8 Å². The maximum atomic E-state index is 11.8. The van der Waals surface area contributed by atoms with Crippen molar-refractivity contribution in [2.45, 2.75) is 52.5 Å². The quantitative estimate of drug-likeness (QED) is 0.751. The summed E-state index contributed by atoms with van der Waals surface area (Å²) in [7, 11) is 0. The lowest BCUT2D eigenvalue weighted by Crippen LogP contribution is -2.30. The Labute approximate surface area is 109 Å². The van der Waals surface area contributed by atoms with Crippen LogP contribution in [-0.2, 0) is 10.2 Å². The molecular formula is C13H24N4O. The van der Waals surface area contributed by atoms with E-state index in [1.54, 1.807) is 0 Å². The zero-order valence-corrected chi connectivity index (χ0v) is 11.9. The van der Waals surface area contributed by atoms with E-state index in [2.05, 4.69) is 41.6 Å². The average molecular weight is 252 g/mol. The van der Waals surface area contributed by atoms with E-state index in [0.717, 1.165) is 12.2 Å². The summed E-state index contributed by atoms with van der Waals surface area (Å²) in [6, 6.07) is 2.06. The summed E-state index contributed by atoms with van der Waals surface area (Å²) < 4.78 is 0. The molecule has 5 nitrogen and oxygen atoms in total. The van der Waals surface area contributed by atoms with Crippen molar-refractivity contribution in [2.24, 2.45) is 0 Å². The van der Waals surface area contributed by atoms with Gasteiger partial charge in [-0.25, -0.2) is 0 Å². The van der Waals surface area contributed by atoms with Gasteiger partial charge in [-0.05, 0) is 13.5 Å². The highest BCUT2D eigenvalue weighted by molar-refractivity contribution is 5.90. The first kappa shape index (κ1) is 14.7. The van der Waals surface area contributed by atoms with Crippen molar-refractivity contribution < 1.29 is 4.79 Å². The Morgan fingerprint density at radius 2 is 2.17 bits per heavy atom. The van der Waals surface area contributed by atoms with Crippen molar-refractivity contribution in [2.75, 3.05) is 11.9 Å². The SMILES string of the molecule is CCNC(C)CC(=O)Nc1cc(C(C)(C)C)[nH]n1. The zero-order valence-electron chi connectivity index (χ0n) is 11.9. The Balaban J connectivity index is 2.52. The minimum absolute atomic E-state index is 0.00698. The molecule has 1 aromatic heterocycles. The third-order valence-electron chi connectivity index (χ3n) is 2.70. The molecule has 0 saturated heterocycles. The second-order valence-corrected chi connectivity index (χ2v) is 5.63. The van der Waals surface area contributed by atoms with Crippen LogP contribution in [0.25, 0.3) is 0 Å². The second kappa shape index (κ2) is 6.00. The lowest BCUT2D eigenvalue weighted by Gasteiger charge is -2.14. The van der Waals surface area contributed by atoms with E-state index in [-0.39, 0.29) is 17.4 Å². The van der Waals surface area contributed by atoms with E-state index < -0.39 is 0 Å². The Morgan fingerprint density at radius 1 is 1.50 bits per heavy atom. The minimum Gasteiger partial charge on any atom is -0.314 e. The highest BCUT2D eigenvalue weighted by Gasteiger charge is 2.17. The van der Waals surface area contributed by atoms with Gasteiger partial charge in [0.05, 0.1) is 0 Å². The summed E-state index contributed by atoms with van der Waals surface area (Å²) in [6.45, 7) is 11.2. The molecule has 102 valence electrons. The van der Waals surface area contributed by atoms with Crippen LogP contribution in [0.5, 0.6) is 0 Å². The van der Waals surface area contributed by atoms with Gasteiger partial charge in [-0.1, -0.05) is 27.7 Å². The van der Waals surface area contributed by atoms with Gasteiger partial charge in [0.15, 0.2) is 5.82 Å². The van der Waals surface area contributed by atoms with Crippen LogP contribution in [0.3, 0.4) is 0 Å². The van der Waals surface area contributed by atoms with Gasteiger partial charge in [0.25, 0.3) is 0 Å². The van der Waals surface area contributed by atoms with Gasteiger partial charge >= 0.3 is 0 Å². The van der Waals surface area contributed by atoms with Crippen LogP contribution in [0.4, 0.5) is 5.82 Å². The molecule has 0 aliphatic rings. The van der Waals surface area contributed by atoms with E-state index in [9.17, 15) is 4.79 Å². The van der Waals surface area contributed by atoms with E-state index >= 15 is 0 Å². The Kier molecular flexibility index (Phi) is 4.90. The lowest BCUT2D eigenvalue weighted by atomic mass is 9.92. The first-order valence-corrected chi connectivity index (χ1v) is 6.42. The highest BCUT2D eigenvalue weighted by atomic mass is 16.1. The Morgan fingerprint density at radius 3 is 2.67 bits per heavy atom. The van der Waals surface area contributed by atoms with Crippen molar-refractivity contribution in [3.63, 3.8) is 0 Å². The van der Waals surface area contributed by atoms with E-state index in [0.29, 0.717) is 12.2 Å². The van der Waals surface area contributed by atoms with Gasteiger partial charge in [-0.2, -0.15) is 5.10 Å². The van der Waals surface area contributed by atoms with Gasteiger partial charge in [-0.3, -0.25) is 9.89 Å². The van der Waals surface area contributed by atoms with Crippen LogP contribution in [0.15, 0.2) is 6.07 Å². The molecule has 3 N–H and O–H groups in total. The molecule has 1 heterocycles. The molecule has 0 saturated carbocycles. The molecule has 1 rings (SSSR count). The van der Waals surface area contributed by atoms with Crippen molar-refractivity contribution in [3.8, 4) is 0 Å². The molecular weight excluding hydrogens is 228 g/mol. The van der Waals surface area contributed by atoms with E-state index in [1.165, 1.54) is 0 Å². The third-order valence-corrected chi connectivity index (χ3v) is 2.70. The van der Waals surface area contributed by atoms with Crippen molar-refractivity contribution >= 4 is 11.7 Å². The fourth-order valence-electron chi connectivity index (χ4n) is 1.66. The Hall–Kier alpha value is -1.36. The summed E-state index contributed by atoms with van der Waals surface area (Å²) in [5.74, 6) is 0.573. The number of hydrogen-bond donors (Lipinski definition) is 3. The summed E-state index contributed by atoms with van der Waals surface area (Å²) in [5.41, 5.74) is 1.02. The standard InChI is InChI=1S/C13H24N4O/c1-6-14-9(2)7-12(18)15-11-8-10(16-17-11)13(3,4)5/h8-9,14H,6-7H2,1-5H3,(H2,15,16,17,18). The molecule has 0 aliphatic carbocycles. The van der Waals surface area contributed by atoms with Crippen molar-refractivity contribution in [1.29, 1.82) is 0 Å². The summed E-state index contributed by atoms with van der Waals surface area (Å²) in [6.07, 6.45) is 0.450. The number of carbonyl (C=O) groups is 1. The fourth-order valence-corrected chi connectivity index (χ4v) is 1.66. The highest BCUT2D eigenvalue weighted by Crippen LogP contribution is 2.21. The number of H-pyrrole nitrogens is 1. The topological polar surface area (TPSA) is 69.8 Å². The molecule has 0 aromatic carbocycles. The number of aromatic amines is 1. The largest absolute Gasteiger partial charge is 0.314 e. The molecule has 0 spiro atoms. The molecule has 5 heteroatoms. The molecule has 1 amide bonds. The van der Waals surface area contributed by atoms with Crippen LogP contribution < -0.4 is 10.6 Å². The van der Waals surface area contributed by atoms with E-state index in [1.807, 2.05) is 19.9 Å². The predicted molar refractivity (Wildman–Crippen MR) is 73.7 cm³/mol. The van der Waals surface area contributed by atoms with Crippen molar-refractivity contribution in [1.82, 2.24) is 15.5 Å². The monoisotopic (exact) mass is 252 g/mol. The van der Waals surface area contributed by atoms with Crippen LogP contribution in [0, 0.1) is 0 Å². The maximum absolute atomic E-state index is 11.8. The average Bonchev–Trinajstić information content (AvgIpc) is 2.65. The molecule has 0 radical (unpaired) electrons. The Bertz CT molecular complexity index is 392. The summed E-state index contributed by atoms with van der Waals surface area (Å²) in [5, 5.41) is 13.1. The number of anilines is 1. The number of amides is 1. The number of carbonyl (C=O) groups excluding carboxylic acids is 1. The molecule has 0 bridgehead atoms. The normalized spacial score (nSPS) is 13.4. The van der Waals surface area contributed by atoms with Crippen LogP contribution in [0.2, 0.25) is 0 Å². The minimum atomic E-state index is -0.0181. The smallest absolute Gasteiger partial charge is 0.227 e. The molecule has 1 atom stereocenters. The maximum Gasteiger partial charge on any atom is 0.227 e. The van der Waals surface area contributed by atoms with E-state index in [4.69, 9.17) is 0 Å². The van der Waals surface area contributed by atoms with Crippen LogP contribution in [0.1, 0.15) is 46.7 Å². The number of aromatic nitrogens is 2.